The van der Waals surface area contributed by atoms with Gasteiger partial charge in [-0.3, -0.25) is 19.2 Å². The van der Waals surface area contributed by atoms with Crippen LogP contribution in [0.1, 0.15) is 88.9 Å². The highest BCUT2D eigenvalue weighted by Gasteiger charge is 2.66. The minimum Gasteiger partial charge on any atom is -0.300 e. The maximum Gasteiger partial charge on any atom is 0.162 e. The van der Waals surface area contributed by atoms with Gasteiger partial charge in [0.2, 0.25) is 0 Å². The van der Waals surface area contributed by atoms with Gasteiger partial charge in [0.25, 0.3) is 0 Å². The SMILES string of the molecule is C[C@H](CCC(=O)c1ccccc1)C1CCC2C3C(=O)CC4CC(=O)CCC4(C)C3CC(=O)C21C. The van der Waals surface area contributed by atoms with E-state index in [4.69, 9.17) is 0 Å². The Morgan fingerprint density at radius 1 is 1.00 bits per heavy atom. The van der Waals surface area contributed by atoms with Gasteiger partial charge in [-0.1, -0.05) is 51.1 Å². The van der Waals surface area contributed by atoms with Crippen molar-refractivity contribution in [2.24, 2.45) is 46.3 Å². The van der Waals surface area contributed by atoms with Crippen molar-refractivity contribution in [3.63, 3.8) is 0 Å². The normalized spacial score (nSPS) is 40.3. The Morgan fingerprint density at radius 3 is 2.47 bits per heavy atom. The van der Waals surface area contributed by atoms with Crippen molar-refractivity contribution in [2.45, 2.75) is 78.6 Å². The average Bonchev–Trinajstić information content (AvgIpc) is 3.18. The molecule has 7 unspecified atom stereocenters. The Bertz CT molecular complexity index is 1010. The Kier molecular flexibility index (Phi) is 5.93. The molecule has 0 saturated heterocycles. The molecule has 1 aromatic rings. The van der Waals surface area contributed by atoms with Crippen LogP contribution in [0.2, 0.25) is 0 Å². The van der Waals surface area contributed by atoms with Crippen molar-refractivity contribution in [1.82, 2.24) is 0 Å². The second-order valence-corrected chi connectivity index (χ2v) is 12.3. The Labute approximate surface area is 203 Å². The molecule has 4 nitrogen and oxygen atoms in total. The molecule has 34 heavy (non-hydrogen) atoms. The number of ketones is 4. The summed E-state index contributed by atoms with van der Waals surface area (Å²) < 4.78 is 0. The minimum absolute atomic E-state index is 0.0414. The van der Waals surface area contributed by atoms with E-state index in [0.717, 1.165) is 31.2 Å². The van der Waals surface area contributed by atoms with Gasteiger partial charge in [0.15, 0.2) is 5.78 Å². The molecule has 0 N–H and O–H groups in total. The maximum absolute atomic E-state index is 13.9. The molecule has 0 aromatic heterocycles. The number of carbonyl (C=O) groups excluding carboxylic acids is 4. The third-order valence-corrected chi connectivity index (χ3v) is 10.8. The largest absolute Gasteiger partial charge is 0.300 e. The van der Waals surface area contributed by atoms with E-state index in [-0.39, 0.29) is 52.5 Å². The molecule has 8 atom stereocenters. The second kappa shape index (κ2) is 8.53. The first-order chi connectivity index (χ1) is 16.2. The van der Waals surface area contributed by atoms with Gasteiger partial charge in [-0.25, -0.2) is 0 Å². The van der Waals surface area contributed by atoms with Crippen LogP contribution in [0.5, 0.6) is 0 Å². The molecule has 0 amide bonds. The molecule has 4 aliphatic carbocycles. The van der Waals surface area contributed by atoms with Gasteiger partial charge < -0.3 is 0 Å². The number of hydrogen-bond acceptors (Lipinski definition) is 4. The molecule has 0 heterocycles. The summed E-state index contributed by atoms with van der Waals surface area (Å²) in [5.41, 5.74) is 0.206. The first-order valence-electron chi connectivity index (χ1n) is 13.3. The number of fused-ring (bicyclic) bond motifs is 5. The smallest absolute Gasteiger partial charge is 0.162 e. The Hall–Kier alpha value is -2.10. The molecule has 1 aromatic carbocycles. The highest BCUT2D eigenvalue weighted by Crippen LogP contribution is 2.66. The van der Waals surface area contributed by atoms with Crippen LogP contribution in [-0.4, -0.2) is 23.1 Å². The number of benzene rings is 1. The molecule has 0 bridgehead atoms. The van der Waals surface area contributed by atoms with Crippen LogP contribution in [-0.2, 0) is 14.4 Å². The lowest BCUT2D eigenvalue weighted by Crippen LogP contribution is -2.60. The van der Waals surface area contributed by atoms with Crippen LogP contribution in [0.25, 0.3) is 0 Å². The van der Waals surface area contributed by atoms with Gasteiger partial charge >= 0.3 is 0 Å². The van der Waals surface area contributed by atoms with Gasteiger partial charge in [0.05, 0.1) is 0 Å². The summed E-state index contributed by atoms with van der Waals surface area (Å²) in [5.74, 6) is 1.83. The average molecular weight is 463 g/mol. The van der Waals surface area contributed by atoms with Crippen LogP contribution in [0.15, 0.2) is 30.3 Å². The van der Waals surface area contributed by atoms with Gasteiger partial charge in [0.1, 0.15) is 17.3 Å². The fraction of sp³-hybridized carbons (Fsp3) is 0.667. The minimum atomic E-state index is -0.472. The zero-order valence-electron chi connectivity index (χ0n) is 20.8. The summed E-state index contributed by atoms with van der Waals surface area (Å²) in [5, 5.41) is 0. The predicted octanol–water partition coefficient (Wildman–Crippen LogP) is 5.87. The highest BCUT2D eigenvalue weighted by atomic mass is 16.1. The van der Waals surface area contributed by atoms with Crippen molar-refractivity contribution in [3.05, 3.63) is 35.9 Å². The lowest BCUT2D eigenvalue weighted by atomic mass is 9.44. The molecular formula is C30H38O4. The van der Waals surface area contributed by atoms with E-state index in [2.05, 4.69) is 20.8 Å². The molecule has 0 spiro atoms. The van der Waals surface area contributed by atoms with Crippen molar-refractivity contribution >= 4 is 23.1 Å². The molecule has 4 aliphatic rings. The number of rotatable bonds is 5. The van der Waals surface area contributed by atoms with E-state index in [9.17, 15) is 19.2 Å². The summed E-state index contributed by atoms with van der Waals surface area (Å²) in [6, 6.07) is 9.44. The monoisotopic (exact) mass is 462 g/mol. The van der Waals surface area contributed by atoms with Crippen LogP contribution in [0.3, 0.4) is 0 Å². The molecule has 5 rings (SSSR count). The third kappa shape index (κ3) is 3.55. The van der Waals surface area contributed by atoms with E-state index < -0.39 is 5.41 Å². The first-order valence-corrected chi connectivity index (χ1v) is 13.3. The van der Waals surface area contributed by atoms with Crippen LogP contribution in [0, 0.1) is 46.3 Å². The van der Waals surface area contributed by atoms with E-state index in [0.29, 0.717) is 43.7 Å². The topological polar surface area (TPSA) is 68.3 Å². The van der Waals surface area contributed by atoms with E-state index in [1.165, 1.54) is 0 Å². The van der Waals surface area contributed by atoms with Crippen LogP contribution in [0.4, 0.5) is 0 Å². The maximum atomic E-state index is 13.9. The van der Waals surface area contributed by atoms with E-state index in [1.54, 1.807) is 0 Å². The summed E-state index contributed by atoms with van der Waals surface area (Å²) in [4.78, 5) is 52.2. The van der Waals surface area contributed by atoms with Crippen molar-refractivity contribution in [1.29, 1.82) is 0 Å². The van der Waals surface area contributed by atoms with Crippen molar-refractivity contribution < 1.29 is 19.2 Å². The fourth-order valence-electron chi connectivity index (χ4n) is 8.72. The Balaban J connectivity index is 1.35. The zero-order valence-corrected chi connectivity index (χ0v) is 20.8. The summed E-state index contributed by atoms with van der Waals surface area (Å²) in [6.45, 7) is 6.59. The third-order valence-electron chi connectivity index (χ3n) is 10.8. The second-order valence-electron chi connectivity index (χ2n) is 12.3. The standard InChI is InChI=1S/C30H38O4/c1-18(9-12-25(32)19-7-5-4-6-8-19)22-10-11-23-28-24(17-27(34)30(22,23)3)29(2)14-13-21(31)15-20(29)16-26(28)33/h4-8,18,20,22-24,28H,9-17H2,1-3H3/t18-,20?,22?,23?,24?,28?,29?,30?/m1/s1. The number of hydrogen-bond donors (Lipinski definition) is 0. The van der Waals surface area contributed by atoms with Gasteiger partial charge in [-0.2, -0.15) is 0 Å². The fourth-order valence-corrected chi connectivity index (χ4v) is 8.72. The van der Waals surface area contributed by atoms with Gasteiger partial charge in [-0.15, -0.1) is 0 Å². The lowest BCUT2D eigenvalue weighted by molar-refractivity contribution is -0.166. The van der Waals surface area contributed by atoms with E-state index >= 15 is 0 Å². The van der Waals surface area contributed by atoms with Crippen molar-refractivity contribution in [3.8, 4) is 0 Å². The van der Waals surface area contributed by atoms with Crippen molar-refractivity contribution in [2.75, 3.05) is 0 Å². The molecule has 0 aliphatic heterocycles. The molecule has 4 fully saturated rings. The van der Waals surface area contributed by atoms with Crippen LogP contribution >= 0.6 is 0 Å². The number of carbonyl (C=O) groups is 4. The van der Waals surface area contributed by atoms with Gasteiger partial charge in [-0.05, 0) is 60.7 Å². The van der Waals surface area contributed by atoms with Gasteiger partial charge in [0, 0.05) is 49.0 Å². The first kappa shape index (κ1) is 23.6. The molecule has 4 heteroatoms. The molecule has 182 valence electrons. The summed E-state index contributed by atoms with van der Waals surface area (Å²) >= 11 is 0. The number of Topliss-reactive ketones (excluding diaryl/α,β-unsaturated/α-hetero) is 4. The Morgan fingerprint density at radius 2 is 1.74 bits per heavy atom. The molecule has 4 saturated carbocycles. The van der Waals surface area contributed by atoms with E-state index in [1.807, 2.05) is 30.3 Å². The molecular weight excluding hydrogens is 424 g/mol. The molecule has 0 radical (unpaired) electrons. The van der Waals surface area contributed by atoms with Crippen LogP contribution < -0.4 is 0 Å². The lowest BCUT2D eigenvalue weighted by Gasteiger charge is -2.58. The quantitative estimate of drug-likeness (QED) is 0.513. The predicted molar refractivity (Wildman–Crippen MR) is 130 cm³/mol. The highest BCUT2D eigenvalue weighted by molar-refractivity contribution is 5.96. The summed E-state index contributed by atoms with van der Waals surface area (Å²) in [7, 11) is 0. The summed E-state index contributed by atoms with van der Waals surface area (Å²) in [6.07, 6.45) is 6.08. The zero-order chi connectivity index (χ0) is 24.3.